The van der Waals surface area contributed by atoms with Crippen molar-refractivity contribution >= 4 is 0 Å². The minimum atomic E-state index is 0.415. The molecule has 0 aliphatic rings. The van der Waals surface area contributed by atoms with Crippen LogP contribution in [-0.2, 0) is 0 Å². The third-order valence-electron chi connectivity index (χ3n) is 2.49. The molecule has 0 saturated carbocycles. The molecule has 0 spiro atoms. The summed E-state index contributed by atoms with van der Waals surface area (Å²) in [6.45, 7) is 12.7. The Morgan fingerprint density at radius 3 is 1.92 bits per heavy atom. The van der Waals surface area contributed by atoms with E-state index in [-0.39, 0.29) is 0 Å². The minimum Gasteiger partial charge on any atom is -0.303 e. The quantitative estimate of drug-likeness (QED) is 0.628. The molecule has 0 amide bonds. The molecule has 0 aromatic carbocycles. The summed E-state index contributed by atoms with van der Waals surface area (Å²) in [6.07, 6.45) is 2.50. The van der Waals surface area contributed by atoms with E-state index in [1.807, 2.05) is 0 Å². The largest absolute Gasteiger partial charge is 0.303 e. The smallest absolute Gasteiger partial charge is 0.0138 e. The Kier molecular flexibility index (Phi) is 4.84. The lowest BCUT2D eigenvalue weighted by molar-refractivity contribution is 0.122. The first-order chi connectivity index (χ1) is 5.43. The summed E-state index contributed by atoms with van der Waals surface area (Å²) in [6, 6.07) is 0.720. The second-order valence-corrected chi connectivity index (χ2v) is 4.77. The average molecular weight is 171 g/mol. The van der Waals surface area contributed by atoms with E-state index in [1.165, 1.54) is 19.4 Å². The van der Waals surface area contributed by atoms with Gasteiger partial charge in [0.2, 0.25) is 0 Å². The van der Waals surface area contributed by atoms with Crippen molar-refractivity contribution in [2.45, 2.75) is 53.5 Å². The Hall–Kier alpha value is -0.0400. The highest BCUT2D eigenvalue weighted by Gasteiger charge is 2.25. The van der Waals surface area contributed by atoms with Crippen molar-refractivity contribution < 1.29 is 0 Å². The van der Waals surface area contributed by atoms with Crippen molar-refractivity contribution in [3.8, 4) is 0 Å². The maximum atomic E-state index is 2.49. The Balaban J connectivity index is 4.14. The normalized spacial score (nSPS) is 15.2. The van der Waals surface area contributed by atoms with Crippen LogP contribution in [0.25, 0.3) is 0 Å². The zero-order valence-corrected chi connectivity index (χ0v) is 9.65. The second-order valence-electron chi connectivity index (χ2n) is 4.77. The molecular formula is C11H25N. The van der Waals surface area contributed by atoms with E-state index in [2.05, 4.69) is 46.6 Å². The van der Waals surface area contributed by atoms with Crippen LogP contribution >= 0.6 is 0 Å². The highest BCUT2D eigenvalue weighted by atomic mass is 15.1. The van der Waals surface area contributed by atoms with Gasteiger partial charge in [0, 0.05) is 6.04 Å². The first-order valence-corrected chi connectivity index (χ1v) is 5.13. The number of hydrogen-bond donors (Lipinski definition) is 0. The van der Waals surface area contributed by atoms with Gasteiger partial charge in [0.25, 0.3) is 0 Å². The molecule has 0 radical (unpaired) electrons. The molecule has 0 saturated heterocycles. The Bertz CT molecular complexity index is 113. The molecule has 0 fully saturated rings. The summed E-state index contributed by atoms with van der Waals surface area (Å²) >= 11 is 0. The SMILES string of the molecule is CCCN(C)C(CC)C(C)(C)C. The van der Waals surface area contributed by atoms with Gasteiger partial charge in [-0.1, -0.05) is 34.6 Å². The van der Waals surface area contributed by atoms with Crippen LogP contribution in [-0.4, -0.2) is 24.5 Å². The van der Waals surface area contributed by atoms with Crippen LogP contribution in [0.2, 0.25) is 0 Å². The molecule has 0 rings (SSSR count). The van der Waals surface area contributed by atoms with E-state index in [4.69, 9.17) is 0 Å². The van der Waals surface area contributed by atoms with Crippen molar-refractivity contribution in [1.82, 2.24) is 4.90 Å². The molecule has 1 nitrogen and oxygen atoms in total. The molecule has 1 heteroatoms. The second kappa shape index (κ2) is 4.86. The van der Waals surface area contributed by atoms with Crippen molar-refractivity contribution in [3.63, 3.8) is 0 Å². The summed E-state index contributed by atoms with van der Waals surface area (Å²) in [7, 11) is 2.24. The lowest BCUT2D eigenvalue weighted by Gasteiger charge is -2.37. The fraction of sp³-hybridized carbons (Fsp3) is 1.00. The van der Waals surface area contributed by atoms with Crippen LogP contribution in [0, 0.1) is 5.41 Å². The first-order valence-electron chi connectivity index (χ1n) is 5.13. The van der Waals surface area contributed by atoms with Crippen LogP contribution in [0.5, 0.6) is 0 Å². The van der Waals surface area contributed by atoms with Gasteiger partial charge in [-0.05, 0) is 31.8 Å². The van der Waals surface area contributed by atoms with Crippen LogP contribution in [0.15, 0.2) is 0 Å². The Morgan fingerprint density at radius 1 is 1.17 bits per heavy atom. The van der Waals surface area contributed by atoms with Gasteiger partial charge < -0.3 is 4.90 Å². The average Bonchev–Trinajstić information content (AvgIpc) is 1.85. The lowest BCUT2D eigenvalue weighted by atomic mass is 9.84. The summed E-state index contributed by atoms with van der Waals surface area (Å²) < 4.78 is 0. The van der Waals surface area contributed by atoms with Crippen LogP contribution in [0.3, 0.4) is 0 Å². The molecule has 0 aliphatic heterocycles. The van der Waals surface area contributed by atoms with Crippen LogP contribution in [0.1, 0.15) is 47.5 Å². The molecule has 1 atom stereocenters. The molecule has 0 aliphatic carbocycles. The predicted octanol–water partition coefficient (Wildman–Crippen LogP) is 3.15. The van der Waals surface area contributed by atoms with E-state index in [9.17, 15) is 0 Å². The molecule has 0 aromatic heterocycles. The number of rotatable bonds is 4. The molecule has 0 N–H and O–H groups in total. The summed E-state index contributed by atoms with van der Waals surface area (Å²) in [4.78, 5) is 2.49. The summed E-state index contributed by atoms with van der Waals surface area (Å²) in [5.74, 6) is 0. The van der Waals surface area contributed by atoms with Crippen LogP contribution in [0.4, 0.5) is 0 Å². The maximum absolute atomic E-state index is 2.49. The Labute approximate surface area is 78.1 Å². The zero-order chi connectivity index (χ0) is 9.78. The monoisotopic (exact) mass is 171 g/mol. The van der Waals surface area contributed by atoms with Crippen LogP contribution < -0.4 is 0 Å². The third-order valence-corrected chi connectivity index (χ3v) is 2.49. The fourth-order valence-corrected chi connectivity index (χ4v) is 2.09. The van der Waals surface area contributed by atoms with Crippen molar-refractivity contribution in [3.05, 3.63) is 0 Å². The van der Waals surface area contributed by atoms with Gasteiger partial charge >= 0.3 is 0 Å². The van der Waals surface area contributed by atoms with E-state index < -0.39 is 0 Å². The molecule has 0 heterocycles. The van der Waals surface area contributed by atoms with E-state index >= 15 is 0 Å². The van der Waals surface area contributed by atoms with Crippen molar-refractivity contribution in [1.29, 1.82) is 0 Å². The van der Waals surface area contributed by atoms with Gasteiger partial charge in [-0.25, -0.2) is 0 Å². The third kappa shape index (κ3) is 3.57. The standard InChI is InChI=1S/C11H25N/c1-7-9-12(6)10(8-2)11(3,4)5/h10H,7-9H2,1-6H3. The molecular weight excluding hydrogens is 146 g/mol. The maximum Gasteiger partial charge on any atom is 0.0138 e. The lowest BCUT2D eigenvalue weighted by Crippen LogP contribution is -2.41. The van der Waals surface area contributed by atoms with Gasteiger partial charge in [-0.15, -0.1) is 0 Å². The predicted molar refractivity (Wildman–Crippen MR) is 56.5 cm³/mol. The molecule has 0 aromatic rings. The topological polar surface area (TPSA) is 3.24 Å². The molecule has 1 unspecified atom stereocenters. The molecule has 0 bridgehead atoms. The number of nitrogens with zero attached hydrogens (tertiary/aromatic N) is 1. The van der Waals surface area contributed by atoms with Gasteiger partial charge in [-0.2, -0.15) is 0 Å². The summed E-state index contributed by atoms with van der Waals surface area (Å²) in [5.41, 5.74) is 0.415. The highest BCUT2D eigenvalue weighted by Crippen LogP contribution is 2.25. The fourth-order valence-electron chi connectivity index (χ4n) is 2.09. The van der Waals surface area contributed by atoms with Crippen molar-refractivity contribution in [2.24, 2.45) is 5.41 Å². The Morgan fingerprint density at radius 2 is 1.67 bits per heavy atom. The highest BCUT2D eigenvalue weighted by molar-refractivity contribution is 4.79. The van der Waals surface area contributed by atoms with E-state index in [1.54, 1.807) is 0 Å². The first kappa shape index (κ1) is 12.0. The van der Waals surface area contributed by atoms with Gasteiger partial charge in [0.05, 0.1) is 0 Å². The zero-order valence-electron chi connectivity index (χ0n) is 9.65. The molecule has 12 heavy (non-hydrogen) atoms. The minimum absolute atomic E-state index is 0.415. The molecule has 74 valence electrons. The van der Waals surface area contributed by atoms with Gasteiger partial charge in [0.1, 0.15) is 0 Å². The van der Waals surface area contributed by atoms with E-state index in [0.29, 0.717) is 5.41 Å². The van der Waals surface area contributed by atoms with Crippen molar-refractivity contribution in [2.75, 3.05) is 13.6 Å². The number of hydrogen-bond acceptors (Lipinski definition) is 1. The summed E-state index contributed by atoms with van der Waals surface area (Å²) in [5, 5.41) is 0. The van der Waals surface area contributed by atoms with Gasteiger partial charge in [0.15, 0.2) is 0 Å². The van der Waals surface area contributed by atoms with E-state index in [0.717, 1.165) is 6.04 Å². The van der Waals surface area contributed by atoms with Gasteiger partial charge in [-0.3, -0.25) is 0 Å².